The summed E-state index contributed by atoms with van der Waals surface area (Å²) in [5, 5.41) is 19.3. The molecule has 0 saturated heterocycles. The highest BCUT2D eigenvalue weighted by Gasteiger charge is 2.22. The minimum absolute atomic E-state index is 0.0918. The van der Waals surface area contributed by atoms with Crippen molar-refractivity contribution in [3.8, 4) is 11.4 Å². The fourth-order valence-corrected chi connectivity index (χ4v) is 2.44. The van der Waals surface area contributed by atoms with Crippen molar-refractivity contribution >= 4 is 16.8 Å². The molecule has 5 nitrogen and oxygen atoms in total. The van der Waals surface area contributed by atoms with Crippen molar-refractivity contribution in [2.75, 3.05) is 0 Å². The number of rotatable bonds is 2. The van der Waals surface area contributed by atoms with Crippen molar-refractivity contribution in [2.24, 2.45) is 0 Å². The van der Waals surface area contributed by atoms with Crippen LogP contribution in [0.3, 0.4) is 0 Å². The van der Waals surface area contributed by atoms with E-state index < -0.39 is 0 Å². The zero-order valence-corrected chi connectivity index (χ0v) is 13.7. The Morgan fingerprint density at radius 3 is 2.13 bits per heavy atom. The summed E-state index contributed by atoms with van der Waals surface area (Å²) in [7, 11) is 0. The molecule has 23 heavy (non-hydrogen) atoms. The molecule has 0 saturated carbocycles. The molecule has 1 N–H and O–H groups in total. The number of hydrogen-bond donors (Lipinski definition) is 1. The van der Waals surface area contributed by atoms with Gasteiger partial charge in [0.05, 0.1) is 5.56 Å². The van der Waals surface area contributed by atoms with E-state index in [4.69, 9.17) is 0 Å². The summed E-state index contributed by atoms with van der Waals surface area (Å²) in [4.78, 5) is 13.3. The van der Waals surface area contributed by atoms with Gasteiger partial charge in [-0.05, 0) is 42.2 Å². The molecule has 0 atom stereocenters. The Labute approximate surface area is 134 Å². The van der Waals surface area contributed by atoms with Crippen molar-refractivity contribution in [3.05, 3.63) is 47.5 Å². The molecule has 0 amide bonds. The van der Waals surface area contributed by atoms with Crippen LogP contribution in [0.5, 0.6) is 5.75 Å². The maximum absolute atomic E-state index is 11.9. The van der Waals surface area contributed by atoms with E-state index in [0.717, 1.165) is 16.6 Å². The van der Waals surface area contributed by atoms with Gasteiger partial charge < -0.3 is 5.11 Å². The lowest BCUT2D eigenvalue weighted by Crippen LogP contribution is -2.14. The van der Waals surface area contributed by atoms with Crippen LogP contribution in [0.4, 0.5) is 0 Å². The van der Waals surface area contributed by atoms with Crippen LogP contribution < -0.4 is 0 Å². The van der Waals surface area contributed by atoms with Crippen LogP contribution in [-0.4, -0.2) is 25.9 Å². The summed E-state index contributed by atoms with van der Waals surface area (Å²) in [5.74, 6) is -0.280. The average molecular weight is 309 g/mol. The zero-order valence-electron chi connectivity index (χ0n) is 13.7. The molecular weight excluding hydrogens is 290 g/mol. The molecule has 0 spiro atoms. The molecule has 1 aromatic heterocycles. The van der Waals surface area contributed by atoms with Crippen molar-refractivity contribution in [1.82, 2.24) is 15.0 Å². The molecule has 0 fully saturated rings. The minimum atomic E-state index is -0.188. The molecule has 0 aliphatic heterocycles. The lowest BCUT2D eigenvalue weighted by Gasteiger charge is -2.21. The summed E-state index contributed by atoms with van der Waals surface area (Å²) in [6.45, 7) is 7.61. The van der Waals surface area contributed by atoms with Gasteiger partial charge in [0.15, 0.2) is 11.5 Å². The molecule has 0 unspecified atom stereocenters. The SMILES string of the molecule is CC(=O)c1cc(C(C)(C)C)cc(-n2nc3ccccc3n2)c1O. The number of Topliss-reactive ketones (excluding diaryl/α,β-unsaturated/α-hetero) is 1. The maximum Gasteiger partial charge on any atom is 0.163 e. The zero-order chi connectivity index (χ0) is 16.8. The van der Waals surface area contributed by atoms with Crippen LogP contribution in [-0.2, 0) is 5.41 Å². The number of hydrogen-bond acceptors (Lipinski definition) is 4. The normalized spacial score (nSPS) is 11.8. The highest BCUT2D eigenvalue weighted by Crippen LogP contribution is 2.33. The van der Waals surface area contributed by atoms with E-state index in [-0.39, 0.29) is 22.5 Å². The van der Waals surface area contributed by atoms with Crippen molar-refractivity contribution in [1.29, 1.82) is 0 Å². The first-order chi connectivity index (χ1) is 10.8. The Hall–Kier alpha value is -2.69. The highest BCUT2D eigenvalue weighted by molar-refractivity contribution is 5.98. The Bertz CT molecular complexity index is 871. The van der Waals surface area contributed by atoms with E-state index in [1.165, 1.54) is 11.7 Å². The predicted octanol–water partition coefficient (Wildman–Crippen LogP) is 3.63. The first-order valence-corrected chi connectivity index (χ1v) is 7.48. The van der Waals surface area contributed by atoms with E-state index in [0.29, 0.717) is 5.69 Å². The second-order valence-electron chi connectivity index (χ2n) is 6.68. The molecule has 0 radical (unpaired) electrons. The first kappa shape index (κ1) is 15.2. The van der Waals surface area contributed by atoms with Gasteiger partial charge in [0.25, 0.3) is 0 Å². The second kappa shape index (κ2) is 5.19. The van der Waals surface area contributed by atoms with Crippen LogP contribution in [0, 0.1) is 0 Å². The predicted molar refractivity (Wildman–Crippen MR) is 89.2 cm³/mol. The first-order valence-electron chi connectivity index (χ1n) is 7.48. The average Bonchev–Trinajstić information content (AvgIpc) is 2.89. The van der Waals surface area contributed by atoms with E-state index >= 15 is 0 Å². The molecule has 3 rings (SSSR count). The second-order valence-corrected chi connectivity index (χ2v) is 6.68. The molecule has 1 heterocycles. The Kier molecular flexibility index (Phi) is 3.43. The maximum atomic E-state index is 11.9. The number of phenolic OH excluding ortho intramolecular Hbond substituents is 1. The minimum Gasteiger partial charge on any atom is -0.505 e. The van der Waals surface area contributed by atoms with Crippen molar-refractivity contribution in [2.45, 2.75) is 33.1 Å². The summed E-state index contributed by atoms with van der Waals surface area (Å²) in [6.07, 6.45) is 0. The van der Waals surface area contributed by atoms with Gasteiger partial charge in [-0.1, -0.05) is 32.9 Å². The third kappa shape index (κ3) is 2.70. The largest absolute Gasteiger partial charge is 0.505 e. The molecular formula is C18H19N3O2. The molecule has 0 aliphatic carbocycles. The third-order valence-electron chi connectivity index (χ3n) is 3.84. The van der Waals surface area contributed by atoms with Crippen molar-refractivity contribution < 1.29 is 9.90 Å². The van der Waals surface area contributed by atoms with Gasteiger partial charge in [0.2, 0.25) is 0 Å². The fourth-order valence-electron chi connectivity index (χ4n) is 2.44. The van der Waals surface area contributed by atoms with Crippen molar-refractivity contribution in [3.63, 3.8) is 0 Å². The monoisotopic (exact) mass is 309 g/mol. The third-order valence-corrected chi connectivity index (χ3v) is 3.84. The number of fused-ring (bicyclic) bond motifs is 1. The fraction of sp³-hybridized carbons (Fsp3) is 0.278. The van der Waals surface area contributed by atoms with Gasteiger partial charge in [-0.15, -0.1) is 15.0 Å². The Morgan fingerprint density at radius 1 is 1.09 bits per heavy atom. The van der Waals surface area contributed by atoms with Gasteiger partial charge in [-0.25, -0.2) is 0 Å². The number of benzene rings is 2. The quantitative estimate of drug-likeness (QED) is 0.734. The molecule has 2 aromatic carbocycles. The van der Waals surface area contributed by atoms with E-state index in [1.807, 2.05) is 30.3 Å². The number of carbonyl (C=O) groups is 1. The summed E-state index contributed by atoms with van der Waals surface area (Å²) < 4.78 is 0. The smallest absolute Gasteiger partial charge is 0.163 e. The van der Waals surface area contributed by atoms with Crippen LogP contribution >= 0.6 is 0 Å². The number of carbonyl (C=O) groups excluding carboxylic acids is 1. The molecule has 118 valence electrons. The van der Waals surface area contributed by atoms with Gasteiger partial charge >= 0.3 is 0 Å². The number of aromatic nitrogens is 3. The number of ketones is 1. The van der Waals surface area contributed by atoms with E-state index in [9.17, 15) is 9.90 Å². The van der Waals surface area contributed by atoms with Crippen LogP contribution in [0.25, 0.3) is 16.7 Å². The summed E-state index contributed by atoms with van der Waals surface area (Å²) in [5.41, 5.74) is 2.94. The molecule has 0 bridgehead atoms. The number of aromatic hydroxyl groups is 1. The van der Waals surface area contributed by atoms with E-state index in [2.05, 4.69) is 31.0 Å². The highest BCUT2D eigenvalue weighted by atomic mass is 16.3. The Balaban J connectivity index is 2.28. The Morgan fingerprint density at radius 2 is 1.65 bits per heavy atom. The van der Waals surface area contributed by atoms with E-state index in [1.54, 1.807) is 6.07 Å². The van der Waals surface area contributed by atoms with Crippen LogP contribution in [0.15, 0.2) is 36.4 Å². The molecule has 3 aromatic rings. The van der Waals surface area contributed by atoms with Crippen LogP contribution in [0.2, 0.25) is 0 Å². The molecule has 5 heteroatoms. The van der Waals surface area contributed by atoms with Gasteiger partial charge in [0.1, 0.15) is 16.7 Å². The van der Waals surface area contributed by atoms with Crippen LogP contribution in [0.1, 0.15) is 43.6 Å². The summed E-state index contributed by atoms with van der Waals surface area (Å²) >= 11 is 0. The van der Waals surface area contributed by atoms with Gasteiger partial charge in [-0.2, -0.15) is 0 Å². The number of phenols is 1. The topological polar surface area (TPSA) is 68.0 Å². The standard InChI is InChI=1S/C18H19N3O2/c1-11(22)13-9-12(18(2,3)4)10-16(17(13)23)21-19-14-7-5-6-8-15(14)20-21/h5-10,23H,1-4H3. The summed E-state index contributed by atoms with van der Waals surface area (Å²) in [6, 6.07) is 11.1. The lowest BCUT2D eigenvalue weighted by atomic mass is 9.85. The van der Waals surface area contributed by atoms with Gasteiger partial charge in [0, 0.05) is 0 Å². The number of nitrogens with zero attached hydrogens (tertiary/aromatic N) is 3. The van der Waals surface area contributed by atoms with Gasteiger partial charge in [-0.3, -0.25) is 4.79 Å². The molecule has 0 aliphatic rings. The lowest BCUT2D eigenvalue weighted by molar-refractivity contribution is 0.101.